The Morgan fingerprint density at radius 2 is 0.957 bits per heavy atom. The molecule has 0 aromatic carbocycles. The topological polar surface area (TPSA) is 18.5 Å². The van der Waals surface area contributed by atoms with Crippen molar-refractivity contribution in [1.29, 1.82) is 0 Å². The molecule has 0 amide bonds. The minimum absolute atomic E-state index is 0.447. The normalized spacial score (nSPS) is 14.6. The first kappa shape index (κ1) is 24.4. The van der Waals surface area contributed by atoms with Crippen molar-refractivity contribution >= 4 is 49.0 Å². The number of methoxy groups -OCH3 is 2. The average Bonchev–Trinajstić information content (AvgIpc) is 2.55. The van der Waals surface area contributed by atoms with E-state index in [1.165, 1.54) is 49.9 Å². The van der Waals surface area contributed by atoms with Crippen LogP contribution in [0.3, 0.4) is 0 Å². The van der Waals surface area contributed by atoms with Crippen molar-refractivity contribution in [1.82, 2.24) is 0 Å². The van der Waals surface area contributed by atoms with Crippen LogP contribution in [0.15, 0.2) is 0 Å². The van der Waals surface area contributed by atoms with E-state index in [1.807, 2.05) is 45.6 Å². The highest BCUT2D eigenvalue weighted by molar-refractivity contribution is 9.09. The van der Waals surface area contributed by atoms with Crippen molar-refractivity contribution < 1.29 is 9.47 Å². The predicted molar refractivity (Wildman–Crippen MR) is 119 cm³/mol. The molecule has 0 heterocycles. The number of rotatable bonds is 16. The highest BCUT2D eigenvalue weighted by Gasteiger charge is 2.26. The zero-order valence-corrected chi connectivity index (χ0v) is 20.8. The van der Waals surface area contributed by atoms with E-state index in [1.54, 1.807) is 0 Å². The van der Waals surface area contributed by atoms with Crippen LogP contribution in [0.25, 0.3) is 0 Å². The fraction of sp³-hybridized carbons (Fsp3) is 1.00. The van der Waals surface area contributed by atoms with Crippen molar-refractivity contribution in [2.75, 3.05) is 14.2 Å². The zero-order valence-electron chi connectivity index (χ0n) is 16.0. The maximum atomic E-state index is 5.85. The molecule has 0 aliphatic heterocycles. The lowest BCUT2D eigenvalue weighted by molar-refractivity contribution is 0.224. The fourth-order valence-corrected chi connectivity index (χ4v) is 19.8. The van der Waals surface area contributed by atoms with Crippen molar-refractivity contribution in [3.05, 3.63) is 0 Å². The summed E-state index contributed by atoms with van der Waals surface area (Å²) in [6, 6.07) is 5.62. The van der Waals surface area contributed by atoms with E-state index in [2.05, 4.69) is 27.7 Å². The molecule has 2 atom stereocenters. The molecule has 2 unspecified atom stereocenters. The van der Waals surface area contributed by atoms with Gasteiger partial charge in [-0.1, -0.05) is 99.1 Å². The second-order valence-corrected chi connectivity index (χ2v) is 17.9. The molecule has 0 aliphatic carbocycles. The van der Waals surface area contributed by atoms with Gasteiger partial charge in [-0.15, -0.1) is 0 Å². The SMILES string of the molecule is CCC[SiH](CCC)C(OC)SSSC(OC)[SiH](CCC)CCC. The summed E-state index contributed by atoms with van der Waals surface area (Å²) in [4.78, 5) is 0. The van der Waals surface area contributed by atoms with Crippen LogP contribution in [0, 0.1) is 0 Å². The van der Waals surface area contributed by atoms with Gasteiger partial charge in [0.05, 0.1) is 27.7 Å². The quantitative estimate of drug-likeness (QED) is 0.171. The molecule has 140 valence electrons. The molecule has 0 aromatic rings. The summed E-state index contributed by atoms with van der Waals surface area (Å²) in [7, 11) is 8.07. The monoisotopic (exact) mass is 414 g/mol. The Morgan fingerprint density at radius 3 is 1.17 bits per heavy atom. The molecule has 0 aliphatic rings. The lowest BCUT2D eigenvalue weighted by Crippen LogP contribution is -2.30. The summed E-state index contributed by atoms with van der Waals surface area (Å²) in [5, 5.41) is 0.893. The standard InChI is InChI=1S/C16H38O2S3Si2/c1-7-11-22(12-8-2)15(17-5)19-21-20-16(18-6)23(13-9-3)14-10-4/h15-16,22-23H,7-14H2,1-6H3. The molecule has 0 radical (unpaired) electrons. The first-order valence-electron chi connectivity index (χ1n) is 9.22. The Hall–Kier alpha value is 1.40. The van der Waals surface area contributed by atoms with Crippen molar-refractivity contribution in [3.63, 3.8) is 0 Å². The maximum Gasteiger partial charge on any atom is 0.0984 e. The molecule has 0 saturated heterocycles. The summed E-state index contributed by atoms with van der Waals surface area (Å²) < 4.78 is 11.7. The molecular weight excluding hydrogens is 377 g/mol. The van der Waals surface area contributed by atoms with Crippen molar-refractivity contribution in [2.24, 2.45) is 0 Å². The van der Waals surface area contributed by atoms with Crippen LogP contribution < -0.4 is 0 Å². The van der Waals surface area contributed by atoms with E-state index >= 15 is 0 Å². The van der Waals surface area contributed by atoms with Gasteiger partial charge in [0.1, 0.15) is 0 Å². The third-order valence-electron chi connectivity index (χ3n) is 4.14. The van der Waals surface area contributed by atoms with Crippen LogP contribution in [0.2, 0.25) is 24.2 Å². The molecule has 0 bridgehead atoms. The lowest BCUT2D eigenvalue weighted by atomic mass is 10.6. The third kappa shape index (κ3) is 10.9. The van der Waals surface area contributed by atoms with Gasteiger partial charge >= 0.3 is 0 Å². The average molecular weight is 415 g/mol. The van der Waals surface area contributed by atoms with Gasteiger partial charge in [-0.25, -0.2) is 0 Å². The summed E-state index contributed by atoms with van der Waals surface area (Å²) in [5.41, 5.74) is 0. The molecule has 7 heteroatoms. The lowest BCUT2D eigenvalue weighted by Gasteiger charge is -2.26. The van der Waals surface area contributed by atoms with Gasteiger partial charge < -0.3 is 9.47 Å². The smallest absolute Gasteiger partial charge is 0.0984 e. The van der Waals surface area contributed by atoms with Crippen LogP contribution in [-0.4, -0.2) is 41.9 Å². The van der Waals surface area contributed by atoms with Crippen LogP contribution in [0.5, 0.6) is 0 Å². The molecule has 2 nitrogen and oxygen atoms in total. The molecule has 0 spiro atoms. The minimum atomic E-state index is -0.795. The molecule has 23 heavy (non-hydrogen) atoms. The molecule has 0 N–H and O–H groups in total. The Labute approximate surface area is 160 Å². The number of ether oxygens (including phenoxy) is 2. The van der Waals surface area contributed by atoms with Crippen LogP contribution >= 0.6 is 31.4 Å². The van der Waals surface area contributed by atoms with E-state index < -0.39 is 17.6 Å². The van der Waals surface area contributed by atoms with E-state index in [0.29, 0.717) is 10.1 Å². The van der Waals surface area contributed by atoms with Crippen LogP contribution in [0.4, 0.5) is 0 Å². The van der Waals surface area contributed by atoms with Gasteiger partial charge in [-0.2, -0.15) is 0 Å². The summed E-state index contributed by atoms with van der Waals surface area (Å²) in [6.07, 6.45) is 5.21. The molecule has 0 aromatic heterocycles. The molecule has 0 saturated carbocycles. The predicted octanol–water partition coefficient (Wildman–Crippen LogP) is 6.13. The van der Waals surface area contributed by atoms with Crippen LogP contribution in [0.1, 0.15) is 53.4 Å². The molecule has 0 rings (SSSR count). The Balaban J connectivity index is 4.42. The van der Waals surface area contributed by atoms with Gasteiger partial charge in [0.25, 0.3) is 0 Å². The van der Waals surface area contributed by atoms with Gasteiger partial charge in [-0.05, 0) is 9.83 Å². The summed E-state index contributed by atoms with van der Waals surface area (Å²) in [5.74, 6) is 0. The minimum Gasteiger partial charge on any atom is -0.374 e. The highest BCUT2D eigenvalue weighted by atomic mass is 33.5. The van der Waals surface area contributed by atoms with Gasteiger partial charge in [0.2, 0.25) is 0 Å². The summed E-state index contributed by atoms with van der Waals surface area (Å²) >= 11 is 0. The van der Waals surface area contributed by atoms with E-state index in [-0.39, 0.29) is 0 Å². The third-order valence-corrected chi connectivity index (χ3v) is 19.8. The number of hydrogen-bond acceptors (Lipinski definition) is 5. The number of hydrogen-bond donors (Lipinski definition) is 0. The maximum absolute atomic E-state index is 5.85. The van der Waals surface area contributed by atoms with Gasteiger partial charge in [0, 0.05) is 14.2 Å². The van der Waals surface area contributed by atoms with Gasteiger partial charge in [-0.3, -0.25) is 0 Å². The van der Waals surface area contributed by atoms with E-state index in [0.717, 1.165) is 0 Å². The highest BCUT2D eigenvalue weighted by Crippen LogP contribution is 2.43. The second-order valence-electron chi connectivity index (χ2n) is 6.14. The van der Waals surface area contributed by atoms with Crippen molar-refractivity contribution in [2.45, 2.75) is 87.7 Å². The Bertz CT molecular complexity index is 227. The first-order chi connectivity index (χ1) is 11.2. The van der Waals surface area contributed by atoms with Gasteiger partial charge in [0.15, 0.2) is 0 Å². The van der Waals surface area contributed by atoms with Crippen LogP contribution in [-0.2, 0) is 9.47 Å². The van der Waals surface area contributed by atoms with Crippen molar-refractivity contribution in [3.8, 4) is 0 Å². The molecular formula is C16H38O2S3Si2. The first-order valence-corrected chi connectivity index (χ1v) is 17.4. The second kappa shape index (κ2) is 16.8. The Morgan fingerprint density at radius 1 is 0.652 bits per heavy atom. The largest absolute Gasteiger partial charge is 0.374 e. The molecule has 0 fully saturated rings. The fourth-order valence-electron chi connectivity index (χ4n) is 3.04. The Kier molecular flexibility index (Phi) is 17.9. The van der Waals surface area contributed by atoms with E-state index in [4.69, 9.17) is 9.47 Å². The zero-order chi connectivity index (χ0) is 17.5. The van der Waals surface area contributed by atoms with E-state index in [9.17, 15) is 0 Å². The summed E-state index contributed by atoms with van der Waals surface area (Å²) in [6.45, 7) is 9.23.